The summed E-state index contributed by atoms with van der Waals surface area (Å²) in [6.45, 7) is 2.18. The van der Waals surface area contributed by atoms with Crippen LogP contribution in [0.4, 0.5) is 0 Å². The van der Waals surface area contributed by atoms with Crippen molar-refractivity contribution in [1.29, 1.82) is 0 Å². The van der Waals surface area contributed by atoms with Gasteiger partial charge in [0, 0.05) is 12.0 Å². The zero-order valence-corrected chi connectivity index (χ0v) is 9.49. The van der Waals surface area contributed by atoms with E-state index < -0.39 is 0 Å². The molecule has 1 aromatic rings. The molecule has 0 radical (unpaired) electrons. The van der Waals surface area contributed by atoms with Crippen LogP contribution in [0.3, 0.4) is 0 Å². The molecule has 78 valence electrons. The second kappa shape index (κ2) is 4.01. The van der Waals surface area contributed by atoms with Crippen LogP contribution in [0, 0.1) is 0 Å². The van der Waals surface area contributed by atoms with Crippen LogP contribution in [-0.2, 0) is 0 Å². The van der Waals surface area contributed by atoms with Crippen molar-refractivity contribution in [2.24, 2.45) is 0 Å². The number of aromatic hydroxyl groups is 1. The fourth-order valence-electron chi connectivity index (χ4n) is 1.96. The first-order valence-electron chi connectivity index (χ1n) is 5.05. The molecule has 2 nitrogen and oxygen atoms in total. The summed E-state index contributed by atoms with van der Waals surface area (Å²) in [4.78, 5) is 0. The number of rotatable bonds is 3. The summed E-state index contributed by atoms with van der Waals surface area (Å²) in [6, 6.07) is 8.01. The molecule has 1 rings (SSSR count). The lowest BCUT2D eigenvalue weighted by atomic mass is 10.0. The fourth-order valence-corrected chi connectivity index (χ4v) is 1.96. The first kappa shape index (κ1) is 11.1. The normalized spacial score (nSPS) is 14.0. The number of phenols is 1. The highest BCUT2D eigenvalue weighted by Crippen LogP contribution is 2.28. The number of phenolic OH excluding ortho intramolecular Hbond substituents is 1. The minimum atomic E-state index is 0.356. The van der Waals surface area contributed by atoms with Crippen molar-refractivity contribution in [2.45, 2.75) is 19.4 Å². The molecule has 0 aliphatic carbocycles. The number of hydrogen-bond acceptors (Lipinski definition) is 1. The van der Waals surface area contributed by atoms with Crippen molar-refractivity contribution < 1.29 is 9.59 Å². The smallest absolute Gasteiger partial charge is 0.116 e. The van der Waals surface area contributed by atoms with E-state index in [1.807, 2.05) is 12.1 Å². The number of hydrogen-bond donors (Lipinski definition) is 1. The van der Waals surface area contributed by atoms with Crippen molar-refractivity contribution >= 4 is 0 Å². The van der Waals surface area contributed by atoms with E-state index in [1.54, 1.807) is 6.07 Å². The zero-order valence-electron chi connectivity index (χ0n) is 9.49. The molecule has 0 spiro atoms. The summed E-state index contributed by atoms with van der Waals surface area (Å²) < 4.78 is 0.889. The quantitative estimate of drug-likeness (QED) is 0.733. The molecule has 0 bridgehead atoms. The summed E-state index contributed by atoms with van der Waals surface area (Å²) in [6.07, 6.45) is 1.08. The molecule has 0 aliphatic heterocycles. The third-order valence-corrected chi connectivity index (χ3v) is 2.58. The zero-order chi connectivity index (χ0) is 10.8. The SMILES string of the molecule is CCC(c1cccc(O)c1)[N+](C)(C)C. The van der Waals surface area contributed by atoms with Crippen molar-refractivity contribution in [3.8, 4) is 5.75 Å². The van der Waals surface area contributed by atoms with Crippen molar-refractivity contribution in [2.75, 3.05) is 21.1 Å². The van der Waals surface area contributed by atoms with Crippen molar-refractivity contribution in [1.82, 2.24) is 0 Å². The molecular weight excluding hydrogens is 174 g/mol. The van der Waals surface area contributed by atoms with Crippen molar-refractivity contribution in [3.63, 3.8) is 0 Å². The van der Waals surface area contributed by atoms with Crippen molar-refractivity contribution in [3.05, 3.63) is 29.8 Å². The minimum Gasteiger partial charge on any atom is -0.508 e. The molecule has 0 heterocycles. The van der Waals surface area contributed by atoms with Gasteiger partial charge in [-0.2, -0.15) is 0 Å². The lowest BCUT2D eigenvalue weighted by Gasteiger charge is -2.33. The maximum absolute atomic E-state index is 9.42. The van der Waals surface area contributed by atoms with E-state index in [1.165, 1.54) is 5.56 Å². The molecule has 0 amide bonds. The van der Waals surface area contributed by atoms with Gasteiger partial charge in [0.1, 0.15) is 11.8 Å². The summed E-state index contributed by atoms with van der Waals surface area (Å²) in [7, 11) is 6.54. The van der Waals surface area contributed by atoms with Gasteiger partial charge < -0.3 is 9.59 Å². The molecule has 0 aromatic heterocycles. The summed E-state index contributed by atoms with van der Waals surface area (Å²) >= 11 is 0. The molecule has 1 atom stereocenters. The monoisotopic (exact) mass is 194 g/mol. The predicted octanol–water partition coefficient (Wildman–Crippen LogP) is 2.55. The summed E-state index contributed by atoms with van der Waals surface area (Å²) in [5.41, 5.74) is 1.21. The van der Waals surface area contributed by atoms with Gasteiger partial charge in [-0.15, -0.1) is 0 Å². The second-order valence-corrected chi connectivity index (χ2v) is 4.64. The van der Waals surface area contributed by atoms with E-state index in [2.05, 4.69) is 34.1 Å². The molecule has 1 N–H and O–H groups in total. The minimum absolute atomic E-state index is 0.356. The topological polar surface area (TPSA) is 20.2 Å². The highest BCUT2D eigenvalue weighted by molar-refractivity contribution is 5.28. The highest BCUT2D eigenvalue weighted by atomic mass is 16.3. The Balaban J connectivity index is 3.01. The summed E-state index contributed by atoms with van der Waals surface area (Å²) in [5.74, 6) is 0.356. The van der Waals surface area contributed by atoms with Gasteiger partial charge in [0.05, 0.1) is 21.1 Å². The van der Waals surface area contributed by atoms with Gasteiger partial charge in [-0.3, -0.25) is 0 Å². The van der Waals surface area contributed by atoms with E-state index in [4.69, 9.17) is 0 Å². The largest absolute Gasteiger partial charge is 0.508 e. The Morgan fingerprint density at radius 1 is 1.29 bits per heavy atom. The van der Waals surface area contributed by atoms with Gasteiger partial charge >= 0.3 is 0 Å². The Bertz CT molecular complexity index is 301. The molecule has 1 unspecified atom stereocenters. The maximum atomic E-state index is 9.42. The van der Waals surface area contributed by atoms with Crippen LogP contribution in [0.15, 0.2) is 24.3 Å². The van der Waals surface area contributed by atoms with Crippen LogP contribution in [0.25, 0.3) is 0 Å². The Morgan fingerprint density at radius 2 is 1.93 bits per heavy atom. The number of benzene rings is 1. The lowest BCUT2D eigenvalue weighted by molar-refractivity contribution is -0.902. The van der Waals surface area contributed by atoms with E-state index in [0.717, 1.165) is 10.9 Å². The van der Waals surface area contributed by atoms with Crippen LogP contribution in [0.5, 0.6) is 5.75 Å². The Hall–Kier alpha value is -1.02. The van der Waals surface area contributed by atoms with Gasteiger partial charge in [0.25, 0.3) is 0 Å². The average Bonchev–Trinajstić information content (AvgIpc) is 2.02. The molecule has 1 aromatic carbocycles. The van der Waals surface area contributed by atoms with Gasteiger partial charge in [0.15, 0.2) is 0 Å². The molecule has 0 aliphatic rings. The van der Waals surface area contributed by atoms with Gasteiger partial charge in [-0.25, -0.2) is 0 Å². The van der Waals surface area contributed by atoms with E-state index >= 15 is 0 Å². The second-order valence-electron chi connectivity index (χ2n) is 4.64. The average molecular weight is 194 g/mol. The molecule has 0 saturated heterocycles. The fraction of sp³-hybridized carbons (Fsp3) is 0.500. The van der Waals surface area contributed by atoms with Crippen LogP contribution < -0.4 is 0 Å². The Labute approximate surface area is 86.4 Å². The molecule has 14 heavy (non-hydrogen) atoms. The van der Waals surface area contributed by atoms with E-state index in [-0.39, 0.29) is 0 Å². The Kier molecular flexibility index (Phi) is 3.17. The number of nitrogens with zero attached hydrogens (tertiary/aromatic N) is 1. The van der Waals surface area contributed by atoms with Gasteiger partial charge in [-0.05, 0) is 12.1 Å². The summed E-state index contributed by atoms with van der Waals surface area (Å²) in [5, 5.41) is 9.42. The van der Waals surface area contributed by atoms with Crippen LogP contribution >= 0.6 is 0 Å². The molecule has 0 saturated carbocycles. The maximum Gasteiger partial charge on any atom is 0.116 e. The lowest BCUT2D eigenvalue weighted by Crippen LogP contribution is -2.38. The molecular formula is C12H20NO+. The van der Waals surface area contributed by atoms with Crippen LogP contribution in [0.1, 0.15) is 24.9 Å². The van der Waals surface area contributed by atoms with E-state index in [0.29, 0.717) is 11.8 Å². The third-order valence-electron chi connectivity index (χ3n) is 2.58. The first-order valence-corrected chi connectivity index (χ1v) is 5.05. The van der Waals surface area contributed by atoms with E-state index in [9.17, 15) is 5.11 Å². The molecule has 2 heteroatoms. The molecule has 0 fully saturated rings. The van der Waals surface area contributed by atoms with Crippen LogP contribution in [-0.4, -0.2) is 30.7 Å². The highest BCUT2D eigenvalue weighted by Gasteiger charge is 2.23. The third kappa shape index (κ3) is 2.48. The predicted molar refractivity (Wildman–Crippen MR) is 59.2 cm³/mol. The first-order chi connectivity index (χ1) is 6.45. The number of quaternary nitrogens is 1. The Morgan fingerprint density at radius 3 is 2.36 bits per heavy atom. The van der Waals surface area contributed by atoms with Crippen LogP contribution in [0.2, 0.25) is 0 Å². The van der Waals surface area contributed by atoms with Gasteiger partial charge in [0.2, 0.25) is 0 Å². The standard InChI is InChI=1S/C12H19NO/c1-5-12(13(2,3)4)10-7-6-8-11(14)9-10/h6-9,12H,5H2,1-4H3/p+1. The van der Waals surface area contributed by atoms with Gasteiger partial charge in [-0.1, -0.05) is 19.1 Å².